The summed E-state index contributed by atoms with van der Waals surface area (Å²) in [6.07, 6.45) is 1.45. The monoisotopic (exact) mass is 406 g/mol. The van der Waals surface area contributed by atoms with E-state index in [9.17, 15) is 4.79 Å². The van der Waals surface area contributed by atoms with Gasteiger partial charge in [0, 0.05) is 10.4 Å². The van der Waals surface area contributed by atoms with Crippen LogP contribution in [0.1, 0.15) is 22.2 Å². The zero-order valence-corrected chi connectivity index (χ0v) is 16.7. The minimum absolute atomic E-state index is 0.275. The standard InChI is InChI=1S/C20H18N6O2S/c1-3-28-15-10-8-14(9-11-15)18-13(2)29-20(22-18)23-19(27)16-6-4-5-7-17(16)26-12-21-24-25-26/h4-12H,3H2,1-2H3,(H,22,23,27). The van der Waals surface area contributed by atoms with Crippen LogP contribution >= 0.6 is 11.3 Å². The first-order chi connectivity index (χ1) is 14.2. The largest absolute Gasteiger partial charge is 0.494 e. The van der Waals surface area contributed by atoms with Crippen LogP contribution in [-0.2, 0) is 0 Å². The fourth-order valence-electron chi connectivity index (χ4n) is 2.89. The predicted octanol–water partition coefficient (Wildman–Crippen LogP) is 3.75. The number of amides is 1. The van der Waals surface area contributed by atoms with Gasteiger partial charge < -0.3 is 4.74 Å². The lowest BCUT2D eigenvalue weighted by molar-refractivity contribution is 0.102. The second kappa shape index (κ2) is 8.19. The molecule has 8 nitrogen and oxygen atoms in total. The smallest absolute Gasteiger partial charge is 0.259 e. The first-order valence-corrected chi connectivity index (χ1v) is 9.81. The van der Waals surface area contributed by atoms with Gasteiger partial charge in [0.1, 0.15) is 12.1 Å². The number of tetrazole rings is 1. The van der Waals surface area contributed by atoms with Crippen LogP contribution < -0.4 is 10.1 Å². The van der Waals surface area contributed by atoms with E-state index in [1.807, 2.05) is 44.2 Å². The van der Waals surface area contributed by atoms with Crippen LogP contribution in [0.25, 0.3) is 16.9 Å². The minimum Gasteiger partial charge on any atom is -0.494 e. The number of rotatable bonds is 6. The Balaban J connectivity index is 1.57. The average molecular weight is 406 g/mol. The summed E-state index contributed by atoms with van der Waals surface area (Å²) in [4.78, 5) is 18.5. The minimum atomic E-state index is -0.275. The molecule has 2 aromatic heterocycles. The van der Waals surface area contributed by atoms with Gasteiger partial charge in [-0.2, -0.15) is 4.68 Å². The molecule has 1 N–H and O–H groups in total. The highest BCUT2D eigenvalue weighted by Gasteiger charge is 2.17. The van der Waals surface area contributed by atoms with Gasteiger partial charge >= 0.3 is 0 Å². The lowest BCUT2D eigenvalue weighted by Gasteiger charge is -2.07. The Bertz CT molecular complexity index is 1120. The fourth-order valence-corrected chi connectivity index (χ4v) is 3.73. The molecule has 0 aliphatic heterocycles. The van der Waals surface area contributed by atoms with Crippen molar-refractivity contribution in [3.8, 4) is 22.7 Å². The number of nitrogens with zero attached hydrogens (tertiary/aromatic N) is 5. The summed E-state index contributed by atoms with van der Waals surface area (Å²) in [7, 11) is 0. The van der Waals surface area contributed by atoms with Crippen molar-refractivity contribution in [2.24, 2.45) is 0 Å². The number of thiazole rings is 1. The van der Waals surface area contributed by atoms with E-state index in [-0.39, 0.29) is 5.91 Å². The SMILES string of the molecule is CCOc1ccc(-c2nc(NC(=O)c3ccccc3-n3cnnn3)sc2C)cc1. The molecule has 0 atom stereocenters. The number of hydrogen-bond donors (Lipinski definition) is 1. The first kappa shape index (κ1) is 18.8. The maximum atomic E-state index is 12.9. The van der Waals surface area contributed by atoms with Crippen molar-refractivity contribution in [3.05, 3.63) is 65.3 Å². The number of aryl methyl sites for hydroxylation is 1. The summed E-state index contributed by atoms with van der Waals surface area (Å²) >= 11 is 1.43. The molecule has 0 saturated heterocycles. The topological polar surface area (TPSA) is 94.8 Å². The predicted molar refractivity (Wildman–Crippen MR) is 111 cm³/mol. The molecule has 4 aromatic rings. The number of carbonyl (C=O) groups excluding carboxylic acids is 1. The van der Waals surface area contributed by atoms with E-state index in [1.165, 1.54) is 22.3 Å². The highest BCUT2D eigenvalue weighted by molar-refractivity contribution is 7.16. The molecule has 146 valence electrons. The zero-order valence-electron chi connectivity index (χ0n) is 15.9. The number of para-hydroxylation sites is 1. The molecule has 0 aliphatic rings. The van der Waals surface area contributed by atoms with E-state index in [0.717, 1.165) is 21.9 Å². The molecule has 0 saturated carbocycles. The quantitative estimate of drug-likeness (QED) is 0.524. The third kappa shape index (κ3) is 3.99. The number of aromatic nitrogens is 5. The Morgan fingerprint density at radius 3 is 2.69 bits per heavy atom. The molecule has 0 fully saturated rings. The van der Waals surface area contributed by atoms with Gasteiger partial charge in [0.2, 0.25) is 0 Å². The first-order valence-electron chi connectivity index (χ1n) is 9.00. The Labute approximate surface area is 171 Å². The molecule has 2 aromatic carbocycles. The van der Waals surface area contributed by atoms with Gasteiger partial charge in [0.25, 0.3) is 5.91 Å². The highest BCUT2D eigenvalue weighted by Crippen LogP contribution is 2.31. The highest BCUT2D eigenvalue weighted by atomic mass is 32.1. The van der Waals surface area contributed by atoms with Crippen molar-refractivity contribution in [2.45, 2.75) is 13.8 Å². The van der Waals surface area contributed by atoms with Crippen molar-refractivity contribution in [3.63, 3.8) is 0 Å². The third-order valence-electron chi connectivity index (χ3n) is 4.20. The molecule has 0 spiro atoms. The third-order valence-corrected chi connectivity index (χ3v) is 5.09. The van der Waals surface area contributed by atoms with Gasteiger partial charge in [0.05, 0.1) is 23.6 Å². The van der Waals surface area contributed by atoms with Gasteiger partial charge in [-0.15, -0.1) is 16.4 Å². The number of carbonyl (C=O) groups is 1. The summed E-state index contributed by atoms with van der Waals surface area (Å²) in [5.74, 6) is 0.542. The normalized spacial score (nSPS) is 10.7. The zero-order chi connectivity index (χ0) is 20.2. The van der Waals surface area contributed by atoms with E-state index >= 15 is 0 Å². The van der Waals surface area contributed by atoms with Crippen LogP contribution in [0.3, 0.4) is 0 Å². The Morgan fingerprint density at radius 2 is 1.97 bits per heavy atom. The van der Waals surface area contributed by atoms with E-state index in [4.69, 9.17) is 4.74 Å². The summed E-state index contributed by atoms with van der Waals surface area (Å²) in [6, 6.07) is 14.9. The van der Waals surface area contributed by atoms with Crippen LogP contribution in [0.4, 0.5) is 5.13 Å². The summed E-state index contributed by atoms with van der Waals surface area (Å²) in [6.45, 7) is 4.55. The van der Waals surface area contributed by atoms with Gasteiger partial charge in [-0.05, 0) is 60.7 Å². The Hall–Kier alpha value is -3.59. The van der Waals surface area contributed by atoms with Gasteiger partial charge in [-0.1, -0.05) is 12.1 Å². The number of ether oxygens (including phenoxy) is 1. The Kier molecular flexibility index (Phi) is 5.30. The van der Waals surface area contributed by atoms with Crippen molar-refractivity contribution >= 4 is 22.4 Å². The van der Waals surface area contributed by atoms with Gasteiger partial charge in [-0.25, -0.2) is 4.98 Å². The van der Waals surface area contributed by atoms with E-state index in [2.05, 4.69) is 25.8 Å². The summed E-state index contributed by atoms with van der Waals surface area (Å²) in [5.41, 5.74) is 2.85. The van der Waals surface area contributed by atoms with Crippen molar-refractivity contribution in [1.29, 1.82) is 0 Å². The molecule has 0 unspecified atom stereocenters. The van der Waals surface area contributed by atoms with Crippen LogP contribution in [-0.4, -0.2) is 37.7 Å². The maximum Gasteiger partial charge on any atom is 0.259 e. The van der Waals surface area contributed by atoms with Gasteiger partial charge in [0.15, 0.2) is 5.13 Å². The molecule has 2 heterocycles. The molecular weight excluding hydrogens is 388 g/mol. The van der Waals surface area contributed by atoms with E-state index < -0.39 is 0 Å². The van der Waals surface area contributed by atoms with Gasteiger partial charge in [-0.3, -0.25) is 10.1 Å². The molecule has 1 amide bonds. The molecule has 0 bridgehead atoms. The maximum absolute atomic E-state index is 12.9. The van der Waals surface area contributed by atoms with Crippen LogP contribution in [0.5, 0.6) is 5.75 Å². The fraction of sp³-hybridized carbons (Fsp3) is 0.150. The number of benzene rings is 2. The molecule has 4 rings (SSSR count). The lowest BCUT2D eigenvalue weighted by Crippen LogP contribution is -2.15. The van der Waals surface area contributed by atoms with Crippen LogP contribution in [0.15, 0.2) is 54.9 Å². The molecular formula is C20H18N6O2S. The number of anilines is 1. The van der Waals surface area contributed by atoms with Crippen molar-refractivity contribution in [2.75, 3.05) is 11.9 Å². The molecule has 0 radical (unpaired) electrons. The van der Waals surface area contributed by atoms with E-state index in [0.29, 0.717) is 23.0 Å². The van der Waals surface area contributed by atoms with E-state index in [1.54, 1.807) is 18.2 Å². The summed E-state index contributed by atoms with van der Waals surface area (Å²) < 4.78 is 6.94. The van der Waals surface area contributed by atoms with Crippen molar-refractivity contribution in [1.82, 2.24) is 25.2 Å². The number of nitrogens with one attached hydrogen (secondary N) is 1. The second-order valence-corrected chi connectivity index (χ2v) is 7.31. The van der Waals surface area contributed by atoms with Crippen molar-refractivity contribution < 1.29 is 9.53 Å². The Morgan fingerprint density at radius 1 is 1.17 bits per heavy atom. The molecule has 29 heavy (non-hydrogen) atoms. The van der Waals surface area contributed by atoms with Crippen LogP contribution in [0.2, 0.25) is 0 Å². The summed E-state index contributed by atoms with van der Waals surface area (Å²) in [5, 5.41) is 14.5. The average Bonchev–Trinajstić information content (AvgIpc) is 3.39. The lowest BCUT2D eigenvalue weighted by atomic mass is 10.1. The number of hydrogen-bond acceptors (Lipinski definition) is 7. The molecule has 9 heteroatoms. The van der Waals surface area contributed by atoms with Crippen LogP contribution in [0, 0.1) is 6.92 Å². The molecule has 0 aliphatic carbocycles. The second-order valence-electron chi connectivity index (χ2n) is 6.11.